The summed E-state index contributed by atoms with van der Waals surface area (Å²) >= 11 is 0. The fourth-order valence-electron chi connectivity index (χ4n) is 1.87. The molecule has 2 unspecified atom stereocenters. The molecule has 1 saturated carbocycles. The molecule has 14 heavy (non-hydrogen) atoms. The predicted octanol–water partition coefficient (Wildman–Crippen LogP) is 2.34. The second kappa shape index (κ2) is 3.82. The Labute approximate surface area is 83.6 Å². The van der Waals surface area contributed by atoms with E-state index in [1.54, 1.807) is 0 Å². The van der Waals surface area contributed by atoms with Crippen LogP contribution in [0.15, 0.2) is 30.3 Å². The van der Waals surface area contributed by atoms with E-state index < -0.39 is 5.97 Å². The molecule has 1 aromatic carbocycles. The first-order valence-electron chi connectivity index (χ1n) is 5.04. The standard InChI is InChI=1S/C12H14O2/c13-12(14)11-8-10(11)7-6-9-4-2-1-3-5-9/h1-5,10-11H,6-8H2,(H,13,14). The number of benzene rings is 1. The molecule has 2 atom stereocenters. The van der Waals surface area contributed by atoms with E-state index in [0.717, 1.165) is 19.3 Å². The van der Waals surface area contributed by atoms with Crippen molar-refractivity contribution >= 4 is 5.97 Å². The van der Waals surface area contributed by atoms with Crippen LogP contribution in [0.5, 0.6) is 0 Å². The molecule has 1 aliphatic rings. The van der Waals surface area contributed by atoms with Crippen LogP contribution in [0.25, 0.3) is 0 Å². The number of carboxylic acids is 1. The third-order valence-corrected chi connectivity index (χ3v) is 2.89. The summed E-state index contributed by atoms with van der Waals surface area (Å²) in [7, 11) is 0. The minimum Gasteiger partial charge on any atom is -0.481 e. The molecule has 2 heteroatoms. The number of rotatable bonds is 4. The lowest BCUT2D eigenvalue weighted by Crippen LogP contribution is -2.00. The average molecular weight is 190 g/mol. The maximum absolute atomic E-state index is 10.6. The van der Waals surface area contributed by atoms with Crippen molar-refractivity contribution in [2.45, 2.75) is 19.3 Å². The summed E-state index contributed by atoms with van der Waals surface area (Å²) in [6, 6.07) is 10.2. The number of hydrogen-bond acceptors (Lipinski definition) is 1. The lowest BCUT2D eigenvalue weighted by molar-refractivity contribution is -0.138. The van der Waals surface area contributed by atoms with Crippen LogP contribution >= 0.6 is 0 Å². The first kappa shape index (κ1) is 9.25. The number of carboxylic acid groups (broad SMARTS) is 1. The van der Waals surface area contributed by atoms with E-state index in [-0.39, 0.29) is 5.92 Å². The third kappa shape index (κ3) is 2.13. The van der Waals surface area contributed by atoms with E-state index >= 15 is 0 Å². The number of hydrogen-bond donors (Lipinski definition) is 1. The fourth-order valence-corrected chi connectivity index (χ4v) is 1.87. The molecular formula is C12H14O2. The van der Waals surface area contributed by atoms with Gasteiger partial charge in [-0.05, 0) is 30.7 Å². The van der Waals surface area contributed by atoms with Crippen molar-refractivity contribution < 1.29 is 9.90 Å². The van der Waals surface area contributed by atoms with E-state index in [1.165, 1.54) is 5.56 Å². The summed E-state index contributed by atoms with van der Waals surface area (Å²) in [4.78, 5) is 10.6. The molecule has 0 amide bonds. The zero-order chi connectivity index (χ0) is 9.97. The summed E-state index contributed by atoms with van der Waals surface area (Å²) in [5.41, 5.74) is 1.31. The molecule has 0 saturated heterocycles. The Balaban J connectivity index is 1.77. The molecule has 2 nitrogen and oxygen atoms in total. The van der Waals surface area contributed by atoms with Crippen LogP contribution in [0.1, 0.15) is 18.4 Å². The van der Waals surface area contributed by atoms with Gasteiger partial charge in [-0.15, -0.1) is 0 Å². The highest BCUT2D eigenvalue weighted by molar-refractivity contribution is 5.73. The lowest BCUT2D eigenvalue weighted by atomic mass is 10.1. The Bertz CT molecular complexity index is 318. The molecule has 1 fully saturated rings. The van der Waals surface area contributed by atoms with Gasteiger partial charge in [0.2, 0.25) is 0 Å². The predicted molar refractivity (Wildman–Crippen MR) is 54.0 cm³/mol. The van der Waals surface area contributed by atoms with E-state index in [2.05, 4.69) is 12.1 Å². The molecule has 0 radical (unpaired) electrons. The molecule has 0 heterocycles. The maximum Gasteiger partial charge on any atom is 0.306 e. The van der Waals surface area contributed by atoms with Crippen LogP contribution < -0.4 is 0 Å². The van der Waals surface area contributed by atoms with E-state index in [4.69, 9.17) is 5.11 Å². The maximum atomic E-state index is 10.6. The average Bonchev–Trinajstić information content (AvgIpc) is 2.96. The third-order valence-electron chi connectivity index (χ3n) is 2.89. The monoisotopic (exact) mass is 190 g/mol. The van der Waals surface area contributed by atoms with E-state index in [1.807, 2.05) is 18.2 Å². The smallest absolute Gasteiger partial charge is 0.306 e. The van der Waals surface area contributed by atoms with Gasteiger partial charge in [-0.1, -0.05) is 30.3 Å². The van der Waals surface area contributed by atoms with Crippen molar-refractivity contribution in [2.75, 3.05) is 0 Å². The minimum absolute atomic E-state index is 0.0567. The van der Waals surface area contributed by atoms with Gasteiger partial charge < -0.3 is 5.11 Å². The SMILES string of the molecule is O=C(O)C1CC1CCc1ccccc1. The van der Waals surface area contributed by atoms with E-state index in [0.29, 0.717) is 5.92 Å². The Morgan fingerprint density at radius 1 is 1.36 bits per heavy atom. The van der Waals surface area contributed by atoms with Crippen LogP contribution in [0.4, 0.5) is 0 Å². The van der Waals surface area contributed by atoms with Crippen LogP contribution in [0.3, 0.4) is 0 Å². The van der Waals surface area contributed by atoms with Crippen molar-refractivity contribution in [3.63, 3.8) is 0 Å². The highest BCUT2D eigenvalue weighted by atomic mass is 16.4. The Hall–Kier alpha value is -1.31. The van der Waals surface area contributed by atoms with Crippen molar-refractivity contribution in [1.29, 1.82) is 0 Å². The lowest BCUT2D eigenvalue weighted by Gasteiger charge is -1.99. The zero-order valence-electron chi connectivity index (χ0n) is 8.02. The highest BCUT2D eigenvalue weighted by Crippen LogP contribution is 2.41. The Morgan fingerprint density at radius 3 is 2.64 bits per heavy atom. The molecule has 0 spiro atoms. The summed E-state index contributed by atoms with van der Waals surface area (Å²) in [5, 5.41) is 8.72. The second-order valence-corrected chi connectivity index (χ2v) is 3.96. The van der Waals surface area contributed by atoms with Crippen molar-refractivity contribution in [1.82, 2.24) is 0 Å². The molecule has 0 aromatic heterocycles. The molecule has 0 aliphatic heterocycles. The summed E-state index contributed by atoms with van der Waals surface area (Å²) in [6.07, 6.45) is 2.90. The molecule has 1 aliphatic carbocycles. The molecule has 2 rings (SSSR count). The first-order valence-corrected chi connectivity index (χ1v) is 5.04. The second-order valence-electron chi connectivity index (χ2n) is 3.96. The van der Waals surface area contributed by atoms with Crippen LogP contribution in [0, 0.1) is 11.8 Å². The summed E-state index contributed by atoms with van der Waals surface area (Å²) < 4.78 is 0. The van der Waals surface area contributed by atoms with Crippen LogP contribution in [-0.4, -0.2) is 11.1 Å². The van der Waals surface area contributed by atoms with Crippen molar-refractivity contribution in [3.8, 4) is 0 Å². The molecule has 74 valence electrons. The van der Waals surface area contributed by atoms with Gasteiger partial charge in [0, 0.05) is 0 Å². The number of carbonyl (C=O) groups is 1. The molecule has 1 aromatic rings. The van der Waals surface area contributed by atoms with E-state index in [9.17, 15) is 4.79 Å². The summed E-state index contributed by atoms with van der Waals surface area (Å²) in [6.45, 7) is 0. The summed E-state index contributed by atoms with van der Waals surface area (Å²) in [5.74, 6) is -0.255. The molecule has 0 bridgehead atoms. The van der Waals surface area contributed by atoms with Gasteiger partial charge in [-0.2, -0.15) is 0 Å². The van der Waals surface area contributed by atoms with Gasteiger partial charge in [0.1, 0.15) is 0 Å². The van der Waals surface area contributed by atoms with Gasteiger partial charge in [0.15, 0.2) is 0 Å². The molecular weight excluding hydrogens is 176 g/mol. The quantitative estimate of drug-likeness (QED) is 0.791. The van der Waals surface area contributed by atoms with Gasteiger partial charge in [0.05, 0.1) is 5.92 Å². The van der Waals surface area contributed by atoms with Gasteiger partial charge in [-0.3, -0.25) is 4.79 Å². The zero-order valence-corrected chi connectivity index (χ0v) is 8.02. The van der Waals surface area contributed by atoms with Gasteiger partial charge in [-0.25, -0.2) is 0 Å². The van der Waals surface area contributed by atoms with Gasteiger partial charge in [0.25, 0.3) is 0 Å². The largest absolute Gasteiger partial charge is 0.481 e. The first-order chi connectivity index (χ1) is 6.77. The Morgan fingerprint density at radius 2 is 2.07 bits per heavy atom. The van der Waals surface area contributed by atoms with Crippen LogP contribution in [-0.2, 0) is 11.2 Å². The van der Waals surface area contributed by atoms with Crippen molar-refractivity contribution in [3.05, 3.63) is 35.9 Å². The topological polar surface area (TPSA) is 37.3 Å². The van der Waals surface area contributed by atoms with Gasteiger partial charge >= 0.3 is 5.97 Å². The number of aryl methyl sites for hydroxylation is 1. The fraction of sp³-hybridized carbons (Fsp3) is 0.417. The van der Waals surface area contributed by atoms with Crippen LogP contribution in [0.2, 0.25) is 0 Å². The molecule has 1 N–H and O–H groups in total. The Kier molecular flexibility index (Phi) is 2.53. The minimum atomic E-state index is -0.622. The van der Waals surface area contributed by atoms with Crippen molar-refractivity contribution in [2.24, 2.45) is 11.8 Å². The highest BCUT2D eigenvalue weighted by Gasteiger charge is 2.42. The normalized spacial score (nSPS) is 24.6. The number of aliphatic carboxylic acids is 1.